The topological polar surface area (TPSA) is 38.9 Å². The van der Waals surface area contributed by atoms with Gasteiger partial charge in [-0.1, -0.05) is 20.8 Å². The summed E-state index contributed by atoms with van der Waals surface area (Å²) in [5.74, 6) is 0.640. The molecule has 1 aliphatic carbocycles. The molecule has 2 nitrogen and oxygen atoms in total. The van der Waals surface area contributed by atoms with Gasteiger partial charge >= 0.3 is 0 Å². The largest absolute Gasteiger partial charge is 0.323 e. The summed E-state index contributed by atoms with van der Waals surface area (Å²) < 4.78 is 0. The normalized spacial score (nSPS) is 20.6. The van der Waals surface area contributed by atoms with Gasteiger partial charge in [0.2, 0.25) is 0 Å². The van der Waals surface area contributed by atoms with Crippen LogP contribution in [0.4, 0.5) is 0 Å². The maximum absolute atomic E-state index is 6.12. The summed E-state index contributed by atoms with van der Waals surface area (Å²) >= 11 is 1.78. The van der Waals surface area contributed by atoms with Crippen LogP contribution in [0.15, 0.2) is 5.38 Å². The van der Waals surface area contributed by atoms with E-state index in [2.05, 4.69) is 26.2 Å². The molecule has 1 fully saturated rings. The van der Waals surface area contributed by atoms with Crippen LogP contribution in [0.3, 0.4) is 0 Å². The Hall–Kier alpha value is -0.410. The van der Waals surface area contributed by atoms with E-state index in [-0.39, 0.29) is 6.04 Å². The van der Waals surface area contributed by atoms with Gasteiger partial charge in [-0.25, -0.2) is 4.98 Å². The highest BCUT2D eigenvalue weighted by molar-refractivity contribution is 7.09. The zero-order chi connectivity index (χ0) is 11.1. The Morgan fingerprint density at radius 1 is 1.53 bits per heavy atom. The zero-order valence-corrected chi connectivity index (χ0v) is 10.6. The number of thiazole rings is 1. The van der Waals surface area contributed by atoms with Crippen LogP contribution in [0.5, 0.6) is 0 Å². The highest BCUT2D eigenvalue weighted by atomic mass is 32.1. The summed E-state index contributed by atoms with van der Waals surface area (Å²) in [6.07, 6.45) is 3.61. The number of nitrogens with zero attached hydrogens (tertiary/aromatic N) is 1. The molecule has 0 amide bonds. The first-order valence-electron chi connectivity index (χ1n) is 5.73. The van der Waals surface area contributed by atoms with Crippen LogP contribution in [0.1, 0.15) is 56.8 Å². The third kappa shape index (κ3) is 2.40. The Labute approximate surface area is 95.9 Å². The molecule has 0 radical (unpaired) electrons. The van der Waals surface area contributed by atoms with Crippen molar-refractivity contribution < 1.29 is 0 Å². The van der Waals surface area contributed by atoms with Crippen molar-refractivity contribution in [1.82, 2.24) is 4.98 Å². The number of rotatable bonds is 4. The van der Waals surface area contributed by atoms with Gasteiger partial charge in [-0.2, -0.15) is 0 Å². The smallest absolute Gasteiger partial charge is 0.0988 e. The molecule has 84 valence electrons. The second kappa shape index (κ2) is 3.87. The summed E-state index contributed by atoms with van der Waals surface area (Å²) in [5.41, 5.74) is 7.60. The molecule has 0 spiro atoms. The maximum Gasteiger partial charge on any atom is 0.0988 e. The maximum atomic E-state index is 6.12. The first kappa shape index (κ1) is 11.1. The fourth-order valence-corrected chi connectivity index (χ4v) is 2.87. The molecule has 0 saturated heterocycles. The van der Waals surface area contributed by atoms with Gasteiger partial charge in [-0.3, -0.25) is 0 Å². The molecule has 0 bridgehead atoms. The average Bonchev–Trinajstić information content (AvgIpc) is 2.72. The Kier molecular flexibility index (Phi) is 2.86. The van der Waals surface area contributed by atoms with E-state index in [1.807, 2.05) is 0 Å². The minimum Gasteiger partial charge on any atom is -0.323 e. The lowest BCUT2D eigenvalue weighted by Crippen LogP contribution is -2.13. The fraction of sp³-hybridized carbons (Fsp3) is 0.750. The number of hydrogen-bond donors (Lipinski definition) is 1. The molecule has 2 rings (SSSR count). The van der Waals surface area contributed by atoms with Gasteiger partial charge in [0.1, 0.15) is 0 Å². The second-order valence-electron chi connectivity index (χ2n) is 5.37. The molecular weight excluding hydrogens is 204 g/mol. The quantitative estimate of drug-likeness (QED) is 0.852. The summed E-state index contributed by atoms with van der Waals surface area (Å²) in [6.45, 7) is 6.70. The molecule has 1 atom stereocenters. The average molecular weight is 224 g/mol. The zero-order valence-electron chi connectivity index (χ0n) is 9.79. The highest BCUT2D eigenvalue weighted by Crippen LogP contribution is 2.48. The summed E-state index contributed by atoms with van der Waals surface area (Å²) in [7, 11) is 0. The van der Waals surface area contributed by atoms with Crippen molar-refractivity contribution in [2.45, 2.75) is 51.5 Å². The third-order valence-corrected chi connectivity index (χ3v) is 4.31. The van der Waals surface area contributed by atoms with E-state index in [0.717, 1.165) is 12.1 Å². The Bertz CT molecular complexity index is 339. The van der Waals surface area contributed by atoms with Crippen LogP contribution in [-0.4, -0.2) is 4.98 Å². The molecule has 0 aromatic carbocycles. The molecule has 1 aliphatic rings. The van der Waals surface area contributed by atoms with Crippen molar-refractivity contribution in [2.75, 3.05) is 0 Å². The van der Waals surface area contributed by atoms with Crippen LogP contribution < -0.4 is 5.73 Å². The van der Waals surface area contributed by atoms with Crippen molar-refractivity contribution in [3.05, 3.63) is 16.1 Å². The highest BCUT2D eigenvalue weighted by Gasteiger charge is 2.41. The Balaban J connectivity index is 2.06. The van der Waals surface area contributed by atoms with Crippen LogP contribution >= 0.6 is 11.3 Å². The van der Waals surface area contributed by atoms with Gasteiger partial charge in [0.05, 0.1) is 10.7 Å². The number of aromatic nitrogens is 1. The lowest BCUT2D eigenvalue weighted by atomic mass is 10.0. The molecule has 1 aromatic rings. The molecular formula is C12H20N2S. The van der Waals surface area contributed by atoms with E-state index >= 15 is 0 Å². The van der Waals surface area contributed by atoms with E-state index in [9.17, 15) is 0 Å². The first-order chi connectivity index (χ1) is 7.01. The second-order valence-corrected chi connectivity index (χ2v) is 6.23. The minimum atomic E-state index is 0.123. The van der Waals surface area contributed by atoms with Gasteiger partial charge in [-0.15, -0.1) is 11.3 Å². The van der Waals surface area contributed by atoms with Gasteiger partial charge < -0.3 is 5.73 Å². The molecule has 1 unspecified atom stereocenters. The predicted molar refractivity (Wildman–Crippen MR) is 65.1 cm³/mol. The summed E-state index contributed by atoms with van der Waals surface area (Å²) in [4.78, 5) is 4.69. The van der Waals surface area contributed by atoms with E-state index in [1.165, 1.54) is 17.8 Å². The summed E-state index contributed by atoms with van der Waals surface area (Å²) in [5, 5.41) is 3.43. The van der Waals surface area contributed by atoms with Crippen molar-refractivity contribution in [1.29, 1.82) is 0 Å². The standard InChI is InChI=1S/C12H20N2S/c1-8(2)6-9(13)10-7-15-11(14-10)12(3)4-5-12/h7-9H,4-6,13H2,1-3H3. The Morgan fingerprint density at radius 3 is 2.73 bits per heavy atom. The van der Waals surface area contributed by atoms with E-state index in [4.69, 9.17) is 10.7 Å². The third-order valence-electron chi connectivity index (χ3n) is 3.14. The van der Waals surface area contributed by atoms with Crippen LogP contribution in [0.2, 0.25) is 0 Å². The monoisotopic (exact) mass is 224 g/mol. The van der Waals surface area contributed by atoms with E-state index < -0.39 is 0 Å². The first-order valence-corrected chi connectivity index (χ1v) is 6.61. The molecule has 1 saturated carbocycles. The number of hydrogen-bond acceptors (Lipinski definition) is 3. The SMILES string of the molecule is CC(C)CC(N)c1csc(C2(C)CC2)n1. The van der Waals surface area contributed by atoms with Gasteiger partial charge in [-0.05, 0) is 25.2 Å². The predicted octanol–water partition coefficient (Wildman–Crippen LogP) is 3.24. The van der Waals surface area contributed by atoms with Crippen molar-refractivity contribution in [3.8, 4) is 0 Å². The lowest BCUT2D eigenvalue weighted by molar-refractivity contribution is 0.502. The van der Waals surface area contributed by atoms with Crippen LogP contribution in [-0.2, 0) is 5.41 Å². The fourth-order valence-electron chi connectivity index (χ4n) is 1.76. The van der Waals surface area contributed by atoms with Gasteiger partial charge in [0.25, 0.3) is 0 Å². The van der Waals surface area contributed by atoms with Crippen molar-refractivity contribution in [2.24, 2.45) is 11.7 Å². The molecule has 0 aliphatic heterocycles. The van der Waals surface area contributed by atoms with Gasteiger partial charge in [0, 0.05) is 16.8 Å². The molecule has 1 heterocycles. The van der Waals surface area contributed by atoms with Crippen LogP contribution in [0, 0.1) is 5.92 Å². The van der Waals surface area contributed by atoms with Crippen molar-refractivity contribution in [3.63, 3.8) is 0 Å². The summed E-state index contributed by atoms with van der Waals surface area (Å²) in [6, 6.07) is 0.123. The lowest BCUT2D eigenvalue weighted by Gasteiger charge is -2.11. The molecule has 1 aromatic heterocycles. The minimum absolute atomic E-state index is 0.123. The van der Waals surface area contributed by atoms with Crippen LogP contribution in [0.25, 0.3) is 0 Å². The molecule has 2 N–H and O–H groups in total. The van der Waals surface area contributed by atoms with Gasteiger partial charge in [0.15, 0.2) is 0 Å². The number of nitrogens with two attached hydrogens (primary N) is 1. The molecule has 15 heavy (non-hydrogen) atoms. The van der Waals surface area contributed by atoms with E-state index in [0.29, 0.717) is 11.3 Å². The van der Waals surface area contributed by atoms with Crippen molar-refractivity contribution >= 4 is 11.3 Å². The molecule has 3 heteroatoms. The van der Waals surface area contributed by atoms with E-state index in [1.54, 1.807) is 11.3 Å². The Morgan fingerprint density at radius 2 is 2.20 bits per heavy atom.